The van der Waals surface area contributed by atoms with Gasteiger partial charge in [-0.1, -0.05) is 42.5 Å². The normalized spacial score (nSPS) is 11.9. The van der Waals surface area contributed by atoms with Crippen molar-refractivity contribution in [3.05, 3.63) is 59.9 Å². The Kier molecular flexibility index (Phi) is 3.92. The molecule has 0 heterocycles. The highest BCUT2D eigenvalue weighted by atomic mass is 19.1. The van der Waals surface area contributed by atoms with Gasteiger partial charge in [0.1, 0.15) is 5.82 Å². The number of halogens is 1. The minimum atomic E-state index is -0.482. The van der Waals surface area contributed by atoms with E-state index in [-0.39, 0.29) is 11.7 Å². The number of hydrazine groups is 1. The standard InChI is InChI=1S/C15H15FN2O/c1-10(15(19)18-17)12-7-8-13(14(16)9-12)11-5-3-2-4-6-11/h2-10H,17H2,1H3,(H,18,19). The lowest BCUT2D eigenvalue weighted by atomic mass is 9.96. The van der Waals surface area contributed by atoms with E-state index in [1.165, 1.54) is 6.07 Å². The number of benzene rings is 2. The molecule has 0 aliphatic rings. The lowest BCUT2D eigenvalue weighted by Gasteiger charge is -2.12. The molecule has 0 bridgehead atoms. The molecule has 1 atom stereocenters. The van der Waals surface area contributed by atoms with E-state index in [2.05, 4.69) is 5.43 Å². The summed E-state index contributed by atoms with van der Waals surface area (Å²) in [6, 6.07) is 14.1. The first kappa shape index (κ1) is 13.2. The van der Waals surface area contributed by atoms with Crippen molar-refractivity contribution in [3.8, 4) is 11.1 Å². The topological polar surface area (TPSA) is 55.1 Å². The molecule has 4 heteroatoms. The number of nitrogens with two attached hydrogens (primary N) is 1. The predicted octanol–water partition coefficient (Wildman–Crippen LogP) is 2.59. The van der Waals surface area contributed by atoms with Crippen LogP contribution in [-0.2, 0) is 4.79 Å². The maximum absolute atomic E-state index is 14.1. The van der Waals surface area contributed by atoms with E-state index in [9.17, 15) is 9.18 Å². The molecule has 2 aromatic rings. The van der Waals surface area contributed by atoms with Gasteiger partial charge in [0.25, 0.3) is 0 Å². The van der Waals surface area contributed by atoms with Crippen molar-refractivity contribution in [2.45, 2.75) is 12.8 Å². The lowest BCUT2D eigenvalue weighted by Crippen LogP contribution is -2.33. The SMILES string of the molecule is CC(C(=O)NN)c1ccc(-c2ccccc2)c(F)c1. The van der Waals surface area contributed by atoms with Crippen LogP contribution in [-0.4, -0.2) is 5.91 Å². The molecule has 0 aliphatic carbocycles. The lowest BCUT2D eigenvalue weighted by molar-refractivity contribution is -0.122. The summed E-state index contributed by atoms with van der Waals surface area (Å²) in [4.78, 5) is 11.4. The summed E-state index contributed by atoms with van der Waals surface area (Å²) < 4.78 is 14.1. The molecule has 2 aromatic carbocycles. The van der Waals surface area contributed by atoms with Crippen molar-refractivity contribution in [1.29, 1.82) is 0 Å². The quantitative estimate of drug-likeness (QED) is 0.505. The number of rotatable bonds is 3. The van der Waals surface area contributed by atoms with Crippen molar-refractivity contribution in [2.75, 3.05) is 0 Å². The molecule has 0 saturated carbocycles. The average molecular weight is 258 g/mol. The van der Waals surface area contributed by atoms with Crippen LogP contribution in [0.5, 0.6) is 0 Å². The van der Waals surface area contributed by atoms with Gasteiger partial charge in [-0.3, -0.25) is 10.2 Å². The largest absolute Gasteiger partial charge is 0.294 e. The van der Waals surface area contributed by atoms with E-state index in [1.807, 2.05) is 30.3 Å². The van der Waals surface area contributed by atoms with E-state index in [4.69, 9.17) is 5.84 Å². The Hall–Kier alpha value is -2.20. The highest BCUT2D eigenvalue weighted by molar-refractivity contribution is 5.82. The van der Waals surface area contributed by atoms with E-state index in [0.717, 1.165) is 5.56 Å². The second kappa shape index (κ2) is 5.63. The minimum Gasteiger partial charge on any atom is -0.294 e. The van der Waals surface area contributed by atoms with Gasteiger partial charge in [0.05, 0.1) is 5.92 Å². The summed E-state index contributed by atoms with van der Waals surface area (Å²) in [6.45, 7) is 1.68. The molecule has 0 saturated heterocycles. The molecule has 0 aromatic heterocycles. The van der Waals surface area contributed by atoms with Gasteiger partial charge < -0.3 is 0 Å². The molecule has 3 N–H and O–H groups in total. The van der Waals surface area contributed by atoms with Crippen LogP contribution in [0.15, 0.2) is 48.5 Å². The van der Waals surface area contributed by atoms with Gasteiger partial charge in [-0.05, 0) is 24.1 Å². The molecule has 19 heavy (non-hydrogen) atoms. The number of amides is 1. The minimum absolute atomic E-state index is 0.341. The van der Waals surface area contributed by atoms with Gasteiger partial charge in [0.2, 0.25) is 5.91 Å². The van der Waals surface area contributed by atoms with Gasteiger partial charge >= 0.3 is 0 Å². The molecule has 0 aliphatic heterocycles. The van der Waals surface area contributed by atoms with Gasteiger partial charge in [0.15, 0.2) is 0 Å². The van der Waals surface area contributed by atoms with Crippen molar-refractivity contribution >= 4 is 5.91 Å². The average Bonchev–Trinajstić information content (AvgIpc) is 2.46. The molecule has 0 spiro atoms. The van der Waals surface area contributed by atoms with Crippen molar-refractivity contribution < 1.29 is 9.18 Å². The van der Waals surface area contributed by atoms with E-state index in [0.29, 0.717) is 11.1 Å². The molecule has 98 valence electrons. The second-order valence-corrected chi connectivity index (χ2v) is 4.34. The second-order valence-electron chi connectivity index (χ2n) is 4.34. The first-order valence-corrected chi connectivity index (χ1v) is 5.99. The predicted molar refractivity (Wildman–Crippen MR) is 72.6 cm³/mol. The summed E-state index contributed by atoms with van der Waals surface area (Å²) in [6.07, 6.45) is 0. The van der Waals surface area contributed by atoms with Crippen LogP contribution >= 0.6 is 0 Å². The third-order valence-electron chi connectivity index (χ3n) is 3.11. The van der Waals surface area contributed by atoms with Crippen LogP contribution in [0.1, 0.15) is 18.4 Å². The monoisotopic (exact) mass is 258 g/mol. The fraction of sp³-hybridized carbons (Fsp3) is 0.133. The zero-order valence-electron chi connectivity index (χ0n) is 10.6. The third-order valence-corrected chi connectivity index (χ3v) is 3.11. The fourth-order valence-corrected chi connectivity index (χ4v) is 1.93. The number of hydrogen-bond donors (Lipinski definition) is 2. The Bertz CT molecular complexity index is 584. The van der Waals surface area contributed by atoms with Gasteiger partial charge in [-0.15, -0.1) is 0 Å². The molecule has 3 nitrogen and oxygen atoms in total. The Labute approximate surface area is 111 Å². The zero-order valence-corrected chi connectivity index (χ0v) is 10.6. The van der Waals surface area contributed by atoms with Crippen LogP contribution in [0.3, 0.4) is 0 Å². The highest BCUT2D eigenvalue weighted by Gasteiger charge is 2.16. The third kappa shape index (κ3) is 2.80. The molecular formula is C15H15FN2O. The number of hydrogen-bond acceptors (Lipinski definition) is 2. The molecule has 1 unspecified atom stereocenters. The Morgan fingerprint density at radius 3 is 2.47 bits per heavy atom. The van der Waals surface area contributed by atoms with Crippen LogP contribution in [0, 0.1) is 5.82 Å². The number of carbonyl (C=O) groups is 1. The van der Waals surface area contributed by atoms with Gasteiger partial charge in [-0.2, -0.15) is 0 Å². The van der Waals surface area contributed by atoms with E-state index < -0.39 is 5.92 Å². The van der Waals surface area contributed by atoms with Crippen LogP contribution in [0.4, 0.5) is 4.39 Å². The van der Waals surface area contributed by atoms with Gasteiger partial charge in [0, 0.05) is 5.56 Å². The maximum atomic E-state index is 14.1. The molecule has 2 rings (SSSR count). The molecule has 0 radical (unpaired) electrons. The van der Waals surface area contributed by atoms with Crippen molar-refractivity contribution in [2.24, 2.45) is 5.84 Å². The summed E-state index contributed by atoms with van der Waals surface area (Å²) in [5, 5.41) is 0. The van der Waals surface area contributed by atoms with Gasteiger partial charge in [-0.25, -0.2) is 10.2 Å². The Balaban J connectivity index is 2.35. The zero-order chi connectivity index (χ0) is 13.8. The summed E-state index contributed by atoms with van der Waals surface area (Å²) in [5.74, 6) is 3.91. The van der Waals surface area contributed by atoms with E-state index in [1.54, 1.807) is 19.1 Å². The first-order chi connectivity index (χ1) is 9.13. The van der Waals surface area contributed by atoms with Crippen molar-refractivity contribution in [3.63, 3.8) is 0 Å². The summed E-state index contributed by atoms with van der Waals surface area (Å²) in [5.41, 5.74) is 3.99. The summed E-state index contributed by atoms with van der Waals surface area (Å²) in [7, 11) is 0. The smallest absolute Gasteiger partial charge is 0.241 e. The molecule has 0 fully saturated rings. The Morgan fingerprint density at radius 1 is 1.21 bits per heavy atom. The van der Waals surface area contributed by atoms with Crippen LogP contribution in [0.2, 0.25) is 0 Å². The highest BCUT2D eigenvalue weighted by Crippen LogP contribution is 2.26. The number of nitrogens with one attached hydrogen (secondary N) is 1. The van der Waals surface area contributed by atoms with Crippen LogP contribution < -0.4 is 11.3 Å². The number of carbonyl (C=O) groups excluding carboxylic acids is 1. The fourth-order valence-electron chi connectivity index (χ4n) is 1.93. The maximum Gasteiger partial charge on any atom is 0.241 e. The van der Waals surface area contributed by atoms with Crippen molar-refractivity contribution in [1.82, 2.24) is 5.43 Å². The summed E-state index contributed by atoms with van der Waals surface area (Å²) >= 11 is 0. The molecule has 1 amide bonds. The Morgan fingerprint density at radius 2 is 1.89 bits per heavy atom. The first-order valence-electron chi connectivity index (χ1n) is 5.99. The van der Waals surface area contributed by atoms with E-state index >= 15 is 0 Å². The van der Waals surface area contributed by atoms with Crippen LogP contribution in [0.25, 0.3) is 11.1 Å². The molecular weight excluding hydrogens is 243 g/mol.